The first-order chi connectivity index (χ1) is 16.1. The Bertz CT molecular complexity index is 838. The molecule has 3 heterocycles. The zero-order chi connectivity index (χ0) is 25.4. The molecule has 3 unspecified atom stereocenters. The van der Waals surface area contributed by atoms with E-state index in [0.717, 1.165) is 6.42 Å². The third-order valence-electron chi connectivity index (χ3n) is 7.65. The van der Waals surface area contributed by atoms with Crippen molar-refractivity contribution in [3.05, 3.63) is 25.3 Å². The SMILES string of the molecule is C=CCOC(=O)[C@H]1[C@@H]2SC3(CC2Br)C(C(=O)N(CC=C)C(C)C)N([C@@H](CO)[C@@H](C)CC)C(=O)[C@H]13. The number of ether oxygens (including phenoxy) is 1. The second kappa shape index (κ2) is 10.7. The molecule has 0 aliphatic carbocycles. The molecule has 7 nitrogen and oxygen atoms in total. The van der Waals surface area contributed by atoms with E-state index in [-0.39, 0.29) is 47.1 Å². The van der Waals surface area contributed by atoms with Crippen LogP contribution < -0.4 is 0 Å². The molecular weight excluding hydrogens is 520 g/mol. The largest absolute Gasteiger partial charge is 0.461 e. The number of thioether (sulfide) groups is 1. The van der Waals surface area contributed by atoms with E-state index in [1.807, 2.05) is 27.7 Å². The number of halogens is 1. The Morgan fingerprint density at radius 2 is 2.03 bits per heavy atom. The Balaban J connectivity index is 2.14. The lowest BCUT2D eigenvalue weighted by Gasteiger charge is -2.42. The van der Waals surface area contributed by atoms with Gasteiger partial charge in [-0.05, 0) is 26.2 Å². The van der Waals surface area contributed by atoms with Crippen molar-refractivity contribution in [3.8, 4) is 0 Å². The molecule has 34 heavy (non-hydrogen) atoms. The Kier molecular flexibility index (Phi) is 8.62. The predicted molar refractivity (Wildman–Crippen MR) is 138 cm³/mol. The third kappa shape index (κ3) is 4.26. The number of fused-ring (bicyclic) bond motifs is 1. The number of hydrogen-bond donors (Lipinski definition) is 1. The van der Waals surface area contributed by atoms with Gasteiger partial charge in [0.15, 0.2) is 0 Å². The van der Waals surface area contributed by atoms with Gasteiger partial charge in [0.05, 0.1) is 29.2 Å². The summed E-state index contributed by atoms with van der Waals surface area (Å²) >= 11 is 5.32. The first kappa shape index (κ1) is 27.3. The van der Waals surface area contributed by atoms with E-state index in [0.29, 0.717) is 13.0 Å². The van der Waals surface area contributed by atoms with E-state index in [1.165, 1.54) is 6.08 Å². The normalized spacial score (nSPS) is 33.6. The maximum absolute atomic E-state index is 14.2. The molecule has 3 aliphatic rings. The Morgan fingerprint density at radius 1 is 1.35 bits per heavy atom. The van der Waals surface area contributed by atoms with Crippen molar-refractivity contribution < 1.29 is 24.2 Å². The minimum atomic E-state index is -0.772. The highest BCUT2D eigenvalue weighted by molar-refractivity contribution is 9.09. The van der Waals surface area contributed by atoms with Crippen LogP contribution in [-0.2, 0) is 19.1 Å². The molecule has 3 fully saturated rings. The Hall–Kier alpha value is -1.32. The van der Waals surface area contributed by atoms with Crippen molar-refractivity contribution >= 4 is 45.5 Å². The second-order valence-corrected chi connectivity index (χ2v) is 12.6. The molecule has 2 amide bonds. The summed E-state index contributed by atoms with van der Waals surface area (Å²) in [6.45, 7) is 15.5. The van der Waals surface area contributed by atoms with Crippen LogP contribution in [0.5, 0.6) is 0 Å². The highest BCUT2D eigenvalue weighted by atomic mass is 79.9. The van der Waals surface area contributed by atoms with Gasteiger partial charge < -0.3 is 19.6 Å². The van der Waals surface area contributed by atoms with Gasteiger partial charge >= 0.3 is 5.97 Å². The number of amides is 2. The molecule has 190 valence electrons. The van der Waals surface area contributed by atoms with Crippen molar-refractivity contribution in [3.63, 3.8) is 0 Å². The summed E-state index contributed by atoms with van der Waals surface area (Å²) in [6.07, 6.45) is 4.54. The van der Waals surface area contributed by atoms with Gasteiger partial charge in [-0.3, -0.25) is 14.4 Å². The number of aliphatic hydroxyl groups excluding tert-OH is 1. The molecule has 0 aromatic heterocycles. The van der Waals surface area contributed by atoms with Crippen LogP contribution >= 0.6 is 27.7 Å². The molecular formula is C25H37BrN2O5S. The smallest absolute Gasteiger partial charge is 0.311 e. The van der Waals surface area contributed by atoms with Crippen molar-refractivity contribution in [2.24, 2.45) is 17.8 Å². The van der Waals surface area contributed by atoms with E-state index < -0.39 is 34.6 Å². The van der Waals surface area contributed by atoms with Crippen LogP contribution in [-0.4, -0.2) is 85.4 Å². The Labute approximate surface area is 215 Å². The van der Waals surface area contributed by atoms with Crippen molar-refractivity contribution in [2.75, 3.05) is 19.8 Å². The monoisotopic (exact) mass is 556 g/mol. The van der Waals surface area contributed by atoms with Crippen LogP contribution in [0.25, 0.3) is 0 Å². The highest BCUT2D eigenvalue weighted by Crippen LogP contribution is 2.68. The fraction of sp³-hybridized carbons (Fsp3) is 0.720. The van der Waals surface area contributed by atoms with Crippen LogP contribution in [0.3, 0.4) is 0 Å². The van der Waals surface area contributed by atoms with Crippen LogP contribution in [0, 0.1) is 17.8 Å². The molecule has 0 saturated carbocycles. The van der Waals surface area contributed by atoms with Gasteiger partial charge in [0.25, 0.3) is 0 Å². The second-order valence-electron chi connectivity index (χ2n) is 9.84. The fourth-order valence-electron chi connectivity index (χ4n) is 5.88. The summed E-state index contributed by atoms with van der Waals surface area (Å²) in [5.74, 6) is -2.14. The minimum absolute atomic E-state index is 0.0143. The van der Waals surface area contributed by atoms with Crippen LogP contribution in [0.1, 0.15) is 40.5 Å². The number of carbonyl (C=O) groups excluding carboxylic acids is 3. The lowest BCUT2D eigenvalue weighted by atomic mass is 9.71. The molecule has 0 radical (unpaired) electrons. The van der Waals surface area contributed by atoms with Gasteiger partial charge in [-0.1, -0.05) is 54.9 Å². The molecule has 3 saturated heterocycles. The third-order valence-corrected chi connectivity index (χ3v) is 10.9. The topological polar surface area (TPSA) is 87.2 Å². The lowest BCUT2D eigenvalue weighted by molar-refractivity contribution is -0.153. The maximum Gasteiger partial charge on any atom is 0.311 e. The minimum Gasteiger partial charge on any atom is -0.461 e. The number of alkyl halides is 1. The lowest BCUT2D eigenvalue weighted by Crippen LogP contribution is -2.59. The van der Waals surface area contributed by atoms with Gasteiger partial charge in [-0.15, -0.1) is 18.3 Å². The number of nitrogens with zero attached hydrogens (tertiary/aromatic N) is 2. The fourth-order valence-corrected chi connectivity index (χ4v) is 9.46. The number of likely N-dealkylation sites (tertiary alicyclic amines) is 1. The number of aliphatic hydroxyl groups is 1. The molecule has 0 aromatic carbocycles. The standard InChI is InChI=1S/C25H37BrN2O5S/c1-7-10-27(14(4)5)23(31)21-25-12-16(26)20(34-25)18(24(32)33-11-8-2)19(25)22(30)28(21)17(13-29)15(6)9-3/h7-8,14-21,29H,1-2,9-13H2,3-6H3/t15-,16?,17-,18+,19-,20+,21?,25?/m0/s1. The summed E-state index contributed by atoms with van der Waals surface area (Å²) < 4.78 is 4.66. The van der Waals surface area contributed by atoms with E-state index in [4.69, 9.17) is 4.74 Å². The maximum atomic E-state index is 14.2. The number of rotatable bonds is 11. The van der Waals surface area contributed by atoms with E-state index in [9.17, 15) is 19.5 Å². The molecule has 8 atom stereocenters. The van der Waals surface area contributed by atoms with Crippen LogP contribution in [0.2, 0.25) is 0 Å². The van der Waals surface area contributed by atoms with Crippen molar-refractivity contribution in [1.82, 2.24) is 9.80 Å². The van der Waals surface area contributed by atoms with Crippen LogP contribution in [0.4, 0.5) is 0 Å². The number of hydrogen-bond acceptors (Lipinski definition) is 6. The molecule has 3 aliphatic heterocycles. The van der Waals surface area contributed by atoms with E-state index >= 15 is 0 Å². The van der Waals surface area contributed by atoms with Gasteiger partial charge in [-0.25, -0.2) is 0 Å². The predicted octanol–water partition coefficient (Wildman–Crippen LogP) is 3.01. The van der Waals surface area contributed by atoms with Gasteiger partial charge in [0.1, 0.15) is 12.6 Å². The number of esters is 1. The van der Waals surface area contributed by atoms with Gasteiger partial charge in [0, 0.05) is 22.7 Å². The summed E-state index contributed by atoms with van der Waals surface area (Å²) in [5, 5.41) is 10.2. The molecule has 9 heteroatoms. The molecule has 1 N–H and O–H groups in total. The van der Waals surface area contributed by atoms with Crippen molar-refractivity contribution in [2.45, 2.75) is 73.5 Å². The molecule has 3 rings (SSSR count). The average Bonchev–Trinajstić information content (AvgIpc) is 3.39. The van der Waals surface area contributed by atoms with Crippen molar-refractivity contribution in [1.29, 1.82) is 0 Å². The van der Waals surface area contributed by atoms with E-state index in [2.05, 4.69) is 29.1 Å². The zero-order valence-corrected chi connectivity index (χ0v) is 22.9. The summed E-state index contributed by atoms with van der Waals surface area (Å²) in [7, 11) is 0. The Morgan fingerprint density at radius 3 is 2.56 bits per heavy atom. The van der Waals surface area contributed by atoms with E-state index in [1.54, 1.807) is 27.6 Å². The van der Waals surface area contributed by atoms with Crippen LogP contribution in [0.15, 0.2) is 25.3 Å². The number of carbonyl (C=O) groups is 3. The first-order valence-corrected chi connectivity index (χ1v) is 13.8. The molecule has 1 spiro atoms. The molecule has 2 bridgehead atoms. The van der Waals surface area contributed by atoms with Gasteiger partial charge in [0.2, 0.25) is 11.8 Å². The first-order valence-electron chi connectivity index (χ1n) is 12.0. The zero-order valence-electron chi connectivity index (χ0n) is 20.5. The summed E-state index contributed by atoms with van der Waals surface area (Å²) in [4.78, 5) is 44.8. The average molecular weight is 558 g/mol. The highest BCUT2D eigenvalue weighted by Gasteiger charge is 2.76. The van der Waals surface area contributed by atoms with Gasteiger partial charge in [-0.2, -0.15) is 0 Å². The summed E-state index contributed by atoms with van der Waals surface area (Å²) in [6, 6.07) is -1.38. The quantitative estimate of drug-likeness (QED) is 0.239. The molecule has 0 aromatic rings. The summed E-state index contributed by atoms with van der Waals surface area (Å²) in [5.41, 5.74) is 0.